The predicted molar refractivity (Wildman–Crippen MR) is 61.0 cm³/mol. The number of H-pyrrole nitrogens is 2. The Morgan fingerprint density at radius 3 is 2.53 bits per heavy atom. The Morgan fingerprint density at radius 2 is 1.87 bits per heavy atom. The molecule has 4 nitrogen and oxygen atoms in total. The van der Waals surface area contributed by atoms with E-state index in [9.17, 15) is 4.79 Å². The molecule has 3 N–H and O–H groups in total. The minimum atomic E-state index is -0.163. The van der Waals surface area contributed by atoms with Gasteiger partial charge in [-0.05, 0) is 38.6 Å². The molecule has 15 heavy (non-hydrogen) atoms. The van der Waals surface area contributed by atoms with Crippen LogP contribution in [0.3, 0.4) is 0 Å². The first kappa shape index (κ1) is 9.98. The molecule has 4 heteroatoms. The summed E-state index contributed by atoms with van der Waals surface area (Å²) >= 11 is 0. The fourth-order valence-electron chi connectivity index (χ4n) is 1.57. The van der Waals surface area contributed by atoms with Crippen molar-refractivity contribution in [1.29, 1.82) is 0 Å². The van der Waals surface area contributed by atoms with Crippen molar-refractivity contribution in [3.8, 4) is 0 Å². The van der Waals surface area contributed by atoms with Crippen LogP contribution in [0.15, 0.2) is 23.0 Å². The Kier molecular flexibility index (Phi) is 2.16. The monoisotopic (exact) mass is 205 g/mol. The van der Waals surface area contributed by atoms with Crippen molar-refractivity contribution >= 4 is 11.0 Å². The van der Waals surface area contributed by atoms with E-state index in [4.69, 9.17) is 0 Å². The van der Waals surface area contributed by atoms with Crippen molar-refractivity contribution in [2.75, 3.05) is 7.05 Å². The smallest absolute Gasteiger partial charge is 0.311 e. The largest absolute Gasteiger partial charge is 0.323 e. The van der Waals surface area contributed by atoms with E-state index >= 15 is 0 Å². The molecule has 0 spiro atoms. The van der Waals surface area contributed by atoms with Crippen LogP contribution in [0.1, 0.15) is 19.4 Å². The molecule has 0 radical (unpaired) electrons. The number of rotatable bonds is 2. The molecule has 0 aliphatic heterocycles. The topological polar surface area (TPSA) is 60.7 Å². The van der Waals surface area contributed by atoms with Crippen molar-refractivity contribution < 1.29 is 0 Å². The van der Waals surface area contributed by atoms with Gasteiger partial charge in [-0.1, -0.05) is 6.07 Å². The molecule has 0 bridgehead atoms. The normalized spacial score (nSPS) is 12.2. The summed E-state index contributed by atoms with van der Waals surface area (Å²) in [4.78, 5) is 16.6. The molecule has 0 unspecified atom stereocenters. The summed E-state index contributed by atoms with van der Waals surface area (Å²) in [5.74, 6) is 0. The lowest BCUT2D eigenvalue weighted by Crippen LogP contribution is -2.32. The number of fused-ring (bicyclic) bond motifs is 1. The van der Waals surface area contributed by atoms with Crippen molar-refractivity contribution in [2.24, 2.45) is 0 Å². The zero-order valence-electron chi connectivity index (χ0n) is 9.14. The highest BCUT2D eigenvalue weighted by Crippen LogP contribution is 2.21. The van der Waals surface area contributed by atoms with Crippen LogP contribution in [-0.2, 0) is 5.54 Å². The van der Waals surface area contributed by atoms with E-state index in [2.05, 4.69) is 29.1 Å². The Balaban J connectivity index is 2.60. The highest BCUT2D eigenvalue weighted by molar-refractivity contribution is 5.75. The average molecular weight is 205 g/mol. The third-order valence-electron chi connectivity index (χ3n) is 2.86. The molecule has 0 amide bonds. The summed E-state index contributed by atoms with van der Waals surface area (Å²) in [6.45, 7) is 4.19. The Bertz CT molecular complexity index is 536. The van der Waals surface area contributed by atoms with Gasteiger partial charge in [0.2, 0.25) is 0 Å². The van der Waals surface area contributed by atoms with Crippen LogP contribution in [0, 0.1) is 0 Å². The second kappa shape index (κ2) is 3.24. The van der Waals surface area contributed by atoms with Gasteiger partial charge in [0.1, 0.15) is 0 Å². The molecule has 80 valence electrons. The van der Waals surface area contributed by atoms with Crippen LogP contribution in [0.2, 0.25) is 0 Å². The number of benzene rings is 1. The summed E-state index contributed by atoms with van der Waals surface area (Å²) in [5.41, 5.74) is 2.58. The van der Waals surface area contributed by atoms with Crippen LogP contribution in [-0.4, -0.2) is 17.0 Å². The molecular formula is C11H15N3O. The molecule has 0 saturated carbocycles. The summed E-state index contributed by atoms with van der Waals surface area (Å²) in [6.07, 6.45) is 0. The first-order valence-corrected chi connectivity index (χ1v) is 4.94. The number of aromatic amines is 2. The van der Waals surface area contributed by atoms with Crippen LogP contribution < -0.4 is 11.0 Å². The van der Waals surface area contributed by atoms with Gasteiger partial charge in [-0.25, -0.2) is 4.79 Å². The number of imidazole rings is 1. The van der Waals surface area contributed by atoms with E-state index in [1.165, 1.54) is 0 Å². The lowest BCUT2D eigenvalue weighted by Gasteiger charge is -2.24. The maximum absolute atomic E-state index is 11.1. The van der Waals surface area contributed by atoms with Gasteiger partial charge in [0.25, 0.3) is 0 Å². The van der Waals surface area contributed by atoms with E-state index in [0.29, 0.717) is 0 Å². The fraction of sp³-hybridized carbons (Fsp3) is 0.364. The quantitative estimate of drug-likeness (QED) is 0.692. The number of hydrogen-bond donors (Lipinski definition) is 3. The lowest BCUT2D eigenvalue weighted by molar-refractivity contribution is 0.445. The van der Waals surface area contributed by atoms with E-state index in [1.54, 1.807) is 0 Å². The fourth-order valence-corrected chi connectivity index (χ4v) is 1.57. The van der Waals surface area contributed by atoms with E-state index in [-0.39, 0.29) is 11.2 Å². The van der Waals surface area contributed by atoms with Crippen LogP contribution in [0.4, 0.5) is 0 Å². The molecule has 2 aromatic rings. The van der Waals surface area contributed by atoms with Crippen LogP contribution >= 0.6 is 0 Å². The highest BCUT2D eigenvalue weighted by Gasteiger charge is 2.17. The van der Waals surface area contributed by atoms with Gasteiger partial charge in [0, 0.05) is 5.54 Å². The summed E-state index contributed by atoms with van der Waals surface area (Å²) < 4.78 is 0. The Labute approximate surface area is 87.7 Å². The Morgan fingerprint density at radius 1 is 1.20 bits per heavy atom. The molecule has 0 fully saturated rings. The molecule has 0 aliphatic carbocycles. The lowest BCUT2D eigenvalue weighted by atomic mass is 9.94. The second-order valence-electron chi connectivity index (χ2n) is 4.21. The van der Waals surface area contributed by atoms with E-state index < -0.39 is 0 Å². The highest BCUT2D eigenvalue weighted by atomic mass is 16.1. The third kappa shape index (κ3) is 1.68. The molecule has 0 aliphatic rings. The summed E-state index contributed by atoms with van der Waals surface area (Å²) in [5, 5.41) is 3.23. The van der Waals surface area contributed by atoms with Gasteiger partial charge in [0.05, 0.1) is 11.0 Å². The molecule has 1 aromatic heterocycles. The first-order valence-electron chi connectivity index (χ1n) is 4.94. The Hall–Kier alpha value is -1.55. The van der Waals surface area contributed by atoms with Gasteiger partial charge in [0.15, 0.2) is 0 Å². The summed E-state index contributed by atoms with van der Waals surface area (Å²) in [6, 6.07) is 5.92. The van der Waals surface area contributed by atoms with Gasteiger partial charge in [-0.2, -0.15) is 0 Å². The van der Waals surface area contributed by atoms with Gasteiger partial charge in [-0.15, -0.1) is 0 Å². The molecule has 1 aromatic carbocycles. The molecule has 2 rings (SSSR count). The van der Waals surface area contributed by atoms with E-state index in [0.717, 1.165) is 16.6 Å². The van der Waals surface area contributed by atoms with Gasteiger partial charge in [-0.3, -0.25) is 0 Å². The van der Waals surface area contributed by atoms with Crippen LogP contribution in [0.25, 0.3) is 11.0 Å². The average Bonchev–Trinajstić information content (AvgIpc) is 2.56. The molecular weight excluding hydrogens is 190 g/mol. The zero-order valence-corrected chi connectivity index (χ0v) is 9.14. The first-order chi connectivity index (χ1) is 7.03. The maximum Gasteiger partial charge on any atom is 0.323 e. The number of nitrogens with one attached hydrogen (secondary N) is 3. The molecule has 0 saturated heterocycles. The zero-order chi connectivity index (χ0) is 11.1. The van der Waals surface area contributed by atoms with Crippen molar-refractivity contribution in [3.05, 3.63) is 34.2 Å². The van der Waals surface area contributed by atoms with Crippen molar-refractivity contribution in [3.63, 3.8) is 0 Å². The summed E-state index contributed by atoms with van der Waals surface area (Å²) in [7, 11) is 1.92. The molecule has 1 heterocycles. The maximum atomic E-state index is 11.1. The number of aromatic nitrogens is 2. The number of hydrogen-bond acceptors (Lipinski definition) is 2. The standard InChI is InChI=1S/C11H15N3O/c1-11(2,12-3)7-4-5-8-9(6-7)14-10(15)13-8/h4-6,12H,1-3H3,(H2,13,14,15). The van der Waals surface area contributed by atoms with Crippen molar-refractivity contribution in [1.82, 2.24) is 15.3 Å². The molecule has 0 atom stereocenters. The van der Waals surface area contributed by atoms with Gasteiger partial charge < -0.3 is 15.3 Å². The minimum Gasteiger partial charge on any atom is -0.311 e. The van der Waals surface area contributed by atoms with Crippen LogP contribution in [0.5, 0.6) is 0 Å². The third-order valence-corrected chi connectivity index (χ3v) is 2.86. The van der Waals surface area contributed by atoms with Crippen molar-refractivity contribution in [2.45, 2.75) is 19.4 Å². The predicted octanol–water partition coefficient (Wildman–Crippen LogP) is 1.31. The van der Waals surface area contributed by atoms with Gasteiger partial charge >= 0.3 is 5.69 Å². The minimum absolute atomic E-state index is 0.0949. The van der Waals surface area contributed by atoms with E-state index in [1.807, 2.05) is 25.2 Å². The second-order valence-corrected chi connectivity index (χ2v) is 4.21. The SMILES string of the molecule is CNC(C)(C)c1ccc2[nH]c(=O)[nH]c2c1.